The van der Waals surface area contributed by atoms with Crippen LogP contribution < -0.4 is 0 Å². The molecule has 0 aliphatic heterocycles. The topological polar surface area (TPSA) is 3.24 Å². The van der Waals surface area contributed by atoms with Crippen LogP contribution in [0.5, 0.6) is 0 Å². The van der Waals surface area contributed by atoms with E-state index in [4.69, 9.17) is 0 Å². The van der Waals surface area contributed by atoms with Gasteiger partial charge in [0, 0.05) is 18.8 Å². The summed E-state index contributed by atoms with van der Waals surface area (Å²) in [7, 11) is 2.13. The summed E-state index contributed by atoms with van der Waals surface area (Å²) >= 11 is 0. The molecule has 0 aliphatic carbocycles. The van der Waals surface area contributed by atoms with Crippen molar-refractivity contribution in [2.45, 2.75) is 58.9 Å². The Morgan fingerprint density at radius 2 is 1.85 bits per heavy atom. The third kappa shape index (κ3) is 5.73. The number of allylic oxidation sites excluding steroid dienone is 1. The van der Waals surface area contributed by atoms with Crippen LogP contribution in [0, 0.1) is 0 Å². The molecule has 0 aromatic carbocycles. The Bertz CT molecular complexity index is 138. The second-order valence-corrected chi connectivity index (χ2v) is 4.08. The lowest BCUT2D eigenvalue weighted by molar-refractivity contribution is 0.330. The smallest absolute Gasteiger partial charge is 0.0226 e. The first-order valence-electron chi connectivity index (χ1n) is 5.50. The van der Waals surface area contributed by atoms with Crippen molar-refractivity contribution in [2.75, 3.05) is 7.05 Å². The summed E-state index contributed by atoms with van der Waals surface area (Å²) in [6, 6.07) is 0.582. The van der Waals surface area contributed by atoms with Crippen LogP contribution in [0.4, 0.5) is 0 Å². The van der Waals surface area contributed by atoms with E-state index in [0.29, 0.717) is 6.04 Å². The first kappa shape index (κ1) is 12.5. The maximum atomic E-state index is 4.10. The first-order chi connectivity index (χ1) is 6.09. The highest BCUT2D eigenvalue weighted by Gasteiger charge is 2.04. The van der Waals surface area contributed by atoms with Gasteiger partial charge in [-0.25, -0.2) is 0 Å². The summed E-state index contributed by atoms with van der Waals surface area (Å²) < 4.78 is 0. The molecular formula is C12H25N. The molecule has 0 unspecified atom stereocenters. The Morgan fingerprint density at radius 1 is 1.23 bits per heavy atom. The summed E-state index contributed by atoms with van der Waals surface area (Å²) in [6.45, 7) is 10.8. The maximum absolute atomic E-state index is 4.10. The molecule has 0 aromatic heterocycles. The minimum atomic E-state index is 0.582. The second kappa shape index (κ2) is 6.99. The van der Waals surface area contributed by atoms with Gasteiger partial charge >= 0.3 is 0 Å². The molecule has 0 amide bonds. The van der Waals surface area contributed by atoms with Crippen LogP contribution in [0.15, 0.2) is 12.3 Å². The van der Waals surface area contributed by atoms with E-state index in [2.05, 4.69) is 39.3 Å². The molecule has 0 heterocycles. The zero-order chi connectivity index (χ0) is 10.3. The van der Waals surface area contributed by atoms with Gasteiger partial charge in [-0.05, 0) is 26.7 Å². The number of hydrogen-bond donors (Lipinski definition) is 0. The molecular weight excluding hydrogens is 158 g/mol. The molecule has 0 aliphatic rings. The van der Waals surface area contributed by atoms with E-state index in [-0.39, 0.29) is 0 Å². The molecule has 0 rings (SSSR count). The predicted molar refractivity (Wildman–Crippen MR) is 60.8 cm³/mol. The number of unbranched alkanes of at least 4 members (excludes halogenated alkanes) is 3. The highest BCUT2D eigenvalue weighted by molar-refractivity contribution is 4.93. The Kier molecular flexibility index (Phi) is 6.75. The summed E-state index contributed by atoms with van der Waals surface area (Å²) in [5, 5.41) is 0. The van der Waals surface area contributed by atoms with Crippen LogP contribution in [0.25, 0.3) is 0 Å². The Balaban J connectivity index is 3.50. The lowest BCUT2D eigenvalue weighted by atomic mass is 10.1. The number of nitrogens with zero attached hydrogens (tertiary/aromatic N) is 1. The molecule has 0 spiro atoms. The molecule has 0 bridgehead atoms. The third-order valence-corrected chi connectivity index (χ3v) is 2.59. The van der Waals surface area contributed by atoms with Gasteiger partial charge in [-0.3, -0.25) is 0 Å². The van der Waals surface area contributed by atoms with E-state index in [1.165, 1.54) is 31.4 Å². The highest BCUT2D eigenvalue weighted by Crippen LogP contribution is 2.13. The lowest BCUT2D eigenvalue weighted by Gasteiger charge is -2.25. The minimum Gasteiger partial charge on any atom is -0.376 e. The van der Waals surface area contributed by atoms with Gasteiger partial charge in [0.25, 0.3) is 0 Å². The SMILES string of the molecule is C=C(CCCCCC)N(C)C(C)C. The van der Waals surface area contributed by atoms with E-state index >= 15 is 0 Å². The van der Waals surface area contributed by atoms with Crippen molar-refractivity contribution in [2.24, 2.45) is 0 Å². The minimum absolute atomic E-state index is 0.582. The maximum Gasteiger partial charge on any atom is 0.0226 e. The standard InChI is InChI=1S/C12H25N/c1-6-7-8-9-10-12(4)13(5)11(2)3/h11H,4,6-10H2,1-3,5H3. The molecule has 0 N–H and O–H groups in total. The van der Waals surface area contributed by atoms with Crippen LogP contribution in [0.2, 0.25) is 0 Å². The van der Waals surface area contributed by atoms with Crippen molar-refractivity contribution in [3.63, 3.8) is 0 Å². The molecule has 1 heteroatoms. The Hall–Kier alpha value is -0.460. The molecule has 13 heavy (non-hydrogen) atoms. The zero-order valence-electron chi connectivity index (χ0n) is 9.77. The van der Waals surface area contributed by atoms with Crippen LogP contribution in [-0.4, -0.2) is 18.0 Å². The van der Waals surface area contributed by atoms with E-state index in [1.807, 2.05) is 0 Å². The van der Waals surface area contributed by atoms with Crippen LogP contribution in [-0.2, 0) is 0 Å². The average molecular weight is 183 g/mol. The number of rotatable bonds is 7. The molecule has 0 fully saturated rings. The molecule has 0 saturated carbocycles. The van der Waals surface area contributed by atoms with Crippen molar-refractivity contribution in [3.8, 4) is 0 Å². The fourth-order valence-corrected chi connectivity index (χ4v) is 1.30. The van der Waals surface area contributed by atoms with E-state index < -0.39 is 0 Å². The normalized spacial score (nSPS) is 10.5. The molecule has 0 aromatic rings. The summed E-state index contributed by atoms with van der Waals surface area (Å²) in [5.74, 6) is 0. The fraction of sp³-hybridized carbons (Fsp3) is 0.833. The summed E-state index contributed by atoms with van der Waals surface area (Å²) in [6.07, 6.45) is 6.48. The summed E-state index contributed by atoms with van der Waals surface area (Å²) in [5.41, 5.74) is 1.28. The molecule has 78 valence electrons. The Morgan fingerprint density at radius 3 is 2.31 bits per heavy atom. The predicted octanol–water partition coefficient (Wildman–Crippen LogP) is 3.81. The molecule has 0 atom stereocenters. The van der Waals surface area contributed by atoms with Crippen molar-refractivity contribution in [1.82, 2.24) is 4.90 Å². The average Bonchev–Trinajstić information content (AvgIpc) is 2.10. The van der Waals surface area contributed by atoms with Crippen molar-refractivity contribution < 1.29 is 0 Å². The fourth-order valence-electron chi connectivity index (χ4n) is 1.30. The number of hydrogen-bond acceptors (Lipinski definition) is 1. The van der Waals surface area contributed by atoms with Crippen molar-refractivity contribution >= 4 is 0 Å². The van der Waals surface area contributed by atoms with Gasteiger partial charge in [-0.15, -0.1) is 0 Å². The highest BCUT2D eigenvalue weighted by atomic mass is 15.1. The van der Waals surface area contributed by atoms with Crippen molar-refractivity contribution in [3.05, 3.63) is 12.3 Å². The molecule has 0 radical (unpaired) electrons. The van der Waals surface area contributed by atoms with Gasteiger partial charge in [-0.1, -0.05) is 32.8 Å². The van der Waals surface area contributed by atoms with E-state index in [0.717, 1.165) is 6.42 Å². The van der Waals surface area contributed by atoms with Crippen molar-refractivity contribution in [1.29, 1.82) is 0 Å². The zero-order valence-corrected chi connectivity index (χ0v) is 9.77. The quantitative estimate of drug-likeness (QED) is 0.542. The van der Waals surface area contributed by atoms with E-state index in [9.17, 15) is 0 Å². The second-order valence-electron chi connectivity index (χ2n) is 4.08. The largest absolute Gasteiger partial charge is 0.376 e. The van der Waals surface area contributed by atoms with Gasteiger partial charge in [-0.2, -0.15) is 0 Å². The third-order valence-electron chi connectivity index (χ3n) is 2.59. The monoisotopic (exact) mass is 183 g/mol. The summed E-state index contributed by atoms with van der Waals surface area (Å²) in [4.78, 5) is 2.27. The van der Waals surface area contributed by atoms with Gasteiger partial charge < -0.3 is 4.90 Å². The molecule has 0 saturated heterocycles. The lowest BCUT2D eigenvalue weighted by Crippen LogP contribution is -2.24. The van der Waals surface area contributed by atoms with Gasteiger partial charge in [0.15, 0.2) is 0 Å². The first-order valence-corrected chi connectivity index (χ1v) is 5.50. The van der Waals surface area contributed by atoms with Crippen LogP contribution in [0.1, 0.15) is 52.9 Å². The van der Waals surface area contributed by atoms with E-state index in [1.54, 1.807) is 0 Å². The van der Waals surface area contributed by atoms with Gasteiger partial charge in [0.2, 0.25) is 0 Å². The Labute approximate surface area is 83.8 Å². The molecule has 1 nitrogen and oxygen atoms in total. The van der Waals surface area contributed by atoms with Crippen LogP contribution >= 0.6 is 0 Å². The van der Waals surface area contributed by atoms with Gasteiger partial charge in [0.1, 0.15) is 0 Å². The van der Waals surface area contributed by atoms with Gasteiger partial charge in [0.05, 0.1) is 0 Å². The van der Waals surface area contributed by atoms with Crippen LogP contribution in [0.3, 0.4) is 0 Å².